The van der Waals surface area contributed by atoms with Gasteiger partial charge in [-0.05, 0) is 60.5 Å². The SMILES string of the molecule is C[C@@H]1C[C@@H]1C(=O)NCc1ccccc1-c1ccc(CN2CCCC2)cc1. The minimum atomic E-state index is 0.202. The number of nitrogens with zero attached hydrogens (tertiary/aromatic N) is 1. The molecule has 0 radical (unpaired) electrons. The van der Waals surface area contributed by atoms with Crippen molar-refractivity contribution in [3.05, 3.63) is 59.7 Å². The van der Waals surface area contributed by atoms with E-state index in [2.05, 4.69) is 59.6 Å². The van der Waals surface area contributed by atoms with Crippen LogP contribution >= 0.6 is 0 Å². The molecule has 0 bridgehead atoms. The molecule has 1 aliphatic carbocycles. The van der Waals surface area contributed by atoms with Crippen LogP contribution in [0.4, 0.5) is 0 Å². The summed E-state index contributed by atoms with van der Waals surface area (Å²) in [4.78, 5) is 14.7. The first-order valence-electron chi connectivity index (χ1n) is 9.88. The Balaban J connectivity index is 1.44. The van der Waals surface area contributed by atoms with Crippen LogP contribution in [0, 0.1) is 11.8 Å². The molecule has 1 aliphatic heterocycles. The number of rotatable bonds is 6. The topological polar surface area (TPSA) is 32.3 Å². The first-order chi connectivity index (χ1) is 12.7. The maximum atomic E-state index is 12.1. The summed E-state index contributed by atoms with van der Waals surface area (Å²) >= 11 is 0. The van der Waals surface area contributed by atoms with Crippen LogP contribution in [0.3, 0.4) is 0 Å². The van der Waals surface area contributed by atoms with Crippen LogP contribution in [0.15, 0.2) is 48.5 Å². The van der Waals surface area contributed by atoms with Gasteiger partial charge in [0.1, 0.15) is 0 Å². The van der Waals surface area contributed by atoms with Crippen molar-refractivity contribution in [2.75, 3.05) is 13.1 Å². The highest BCUT2D eigenvalue weighted by Gasteiger charge is 2.38. The zero-order valence-electron chi connectivity index (χ0n) is 15.6. The number of hydrogen-bond acceptors (Lipinski definition) is 2. The fourth-order valence-electron chi connectivity index (χ4n) is 3.95. The average Bonchev–Trinajstić information content (AvgIpc) is 3.18. The van der Waals surface area contributed by atoms with Gasteiger partial charge in [0.05, 0.1) is 0 Å². The number of benzene rings is 2. The molecule has 0 spiro atoms. The second-order valence-corrected chi connectivity index (χ2v) is 7.87. The van der Waals surface area contributed by atoms with Crippen LogP contribution in [0.1, 0.15) is 37.3 Å². The minimum Gasteiger partial charge on any atom is -0.352 e. The van der Waals surface area contributed by atoms with Gasteiger partial charge in [0.2, 0.25) is 5.91 Å². The van der Waals surface area contributed by atoms with Gasteiger partial charge in [0.25, 0.3) is 0 Å². The molecule has 1 N–H and O–H groups in total. The van der Waals surface area contributed by atoms with E-state index in [0.29, 0.717) is 12.5 Å². The molecule has 136 valence electrons. The Kier molecular flexibility index (Phi) is 5.07. The maximum absolute atomic E-state index is 12.1. The quantitative estimate of drug-likeness (QED) is 0.848. The van der Waals surface area contributed by atoms with Gasteiger partial charge < -0.3 is 5.32 Å². The van der Waals surface area contributed by atoms with Crippen LogP contribution in [0.2, 0.25) is 0 Å². The van der Waals surface area contributed by atoms with Gasteiger partial charge in [-0.2, -0.15) is 0 Å². The summed E-state index contributed by atoms with van der Waals surface area (Å²) in [6.07, 6.45) is 3.69. The van der Waals surface area contributed by atoms with E-state index >= 15 is 0 Å². The van der Waals surface area contributed by atoms with Crippen LogP contribution < -0.4 is 5.32 Å². The Morgan fingerprint density at radius 1 is 1.08 bits per heavy atom. The molecule has 26 heavy (non-hydrogen) atoms. The number of nitrogens with one attached hydrogen (secondary N) is 1. The largest absolute Gasteiger partial charge is 0.352 e. The normalized spacial score (nSPS) is 22.3. The molecule has 3 nitrogen and oxygen atoms in total. The fraction of sp³-hybridized carbons (Fsp3) is 0.435. The Hall–Kier alpha value is -2.13. The minimum absolute atomic E-state index is 0.202. The average molecular weight is 348 g/mol. The molecular formula is C23H28N2O. The van der Waals surface area contributed by atoms with Crippen molar-refractivity contribution in [3.63, 3.8) is 0 Å². The Bertz CT molecular complexity index is 762. The highest BCUT2D eigenvalue weighted by molar-refractivity contribution is 5.81. The van der Waals surface area contributed by atoms with Gasteiger partial charge in [-0.3, -0.25) is 9.69 Å². The van der Waals surface area contributed by atoms with Crippen molar-refractivity contribution in [2.24, 2.45) is 11.8 Å². The van der Waals surface area contributed by atoms with Crippen molar-refractivity contribution in [2.45, 2.75) is 39.3 Å². The third-order valence-electron chi connectivity index (χ3n) is 5.79. The zero-order valence-corrected chi connectivity index (χ0v) is 15.6. The summed E-state index contributed by atoms with van der Waals surface area (Å²) in [7, 11) is 0. The second-order valence-electron chi connectivity index (χ2n) is 7.87. The molecule has 2 atom stereocenters. The summed E-state index contributed by atoms with van der Waals surface area (Å²) in [6.45, 7) is 6.25. The molecule has 1 saturated carbocycles. The summed E-state index contributed by atoms with van der Waals surface area (Å²) in [5.41, 5.74) is 5.00. The van der Waals surface area contributed by atoms with Gasteiger partial charge in [0, 0.05) is 19.0 Å². The molecule has 4 rings (SSSR count). The molecule has 0 unspecified atom stereocenters. The molecule has 2 fully saturated rings. The highest BCUT2D eigenvalue weighted by Crippen LogP contribution is 2.37. The molecule has 2 aliphatic rings. The third-order valence-corrected chi connectivity index (χ3v) is 5.79. The van der Waals surface area contributed by atoms with E-state index in [1.807, 2.05) is 6.07 Å². The molecule has 1 saturated heterocycles. The molecule has 3 heteroatoms. The smallest absolute Gasteiger partial charge is 0.223 e. The number of amides is 1. The van der Waals surface area contributed by atoms with E-state index in [0.717, 1.165) is 13.0 Å². The number of likely N-dealkylation sites (tertiary alicyclic amines) is 1. The Labute approximate surface area is 156 Å². The number of carbonyl (C=O) groups excluding carboxylic acids is 1. The standard InChI is InChI=1S/C23H28N2O/c1-17-14-22(17)23(26)24-15-20-6-2-3-7-21(20)19-10-8-18(9-11-19)16-25-12-4-5-13-25/h2-3,6-11,17,22H,4-5,12-16H2,1H3,(H,24,26)/t17-,22+/m1/s1. The fourth-order valence-corrected chi connectivity index (χ4v) is 3.95. The summed E-state index contributed by atoms with van der Waals surface area (Å²) in [5, 5.41) is 3.12. The van der Waals surface area contributed by atoms with Crippen molar-refractivity contribution in [3.8, 4) is 11.1 Å². The molecule has 2 aromatic carbocycles. The summed E-state index contributed by atoms with van der Waals surface area (Å²) in [6, 6.07) is 17.3. The van der Waals surface area contributed by atoms with Gasteiger partial charge in [-0.15, -0.1) is 0 Å². The molecular weight excluding hydrogens is 320 g/mol. The van der Waals surface area contributed by atoms with Crippen LogP contribution in [0.5, 0.6) is 0 Å². The van der Waals surface area contributed by atoms with Crippen molar-refractivity contribution in [1.29, 1.82) is 0 Å². The van der Waals surface area contributed by atoms with Crippen LogP contribution in [-0.4, -0.2) is 23.9 Å². The monoisotopic (exact) mass is 348 g/mol. The second kappa shape index (κ2) is 7.63. The third kappa shape index (κ3) is 3.99. The lowest BCUT2D eigenvalue weighted by Gasteiger charge is -2.15. The van der Waals surface area contributed by atoms with E-state index in [9.17, 15) is 4.79 Å². The summed E-state index contributed by atoms with van der Waals surface area (Å²) < 4.78 is 0. The van der Waals surface area contributed by atoms with Crippen LogP contribution in [0.25, 0.3) is 11.1 Å². The van der Waals surface area contributed by atoms with Gasteiger partial charge in [-0.1, -0.05) is 55.5 Å². The Morgan fingerprint density at radius 3 is 2.46 bits per heavy atom. The van der Waals surface area contributed by atoms with E-state index in [-0.39, 0.29) is 11.8 Å². The van der Waals surface area contributed by atoms with Crippen molar-refractivity contribution < 1.29 is 4.79 Å². The van der Waals surface area contributed by atoms with E-state index in [1.165, 1.54) is 48.2 Å². The Morgan fingerprint density at radius 2 is 1.77 bits per heavy atom. The maximum Gasteiger partial charge on any atom is 0.223 e. The molecule has 1 heterocycles. The van der Waals surface area contributed by atoms with Gasteiger partial charge >= 0.3 is 0 Å². The molecule has 1 amide bonds. The van der Waals surface area contributed by atoms with Crippen molar-refractivity contribution >= 4 is 5.91 Å². The summed E-state index contributed by atoms with van der Waals surface area (Å²) in [5.74, 6) is 0.980. The first kappa shape index (κ1) is 17.3. The molecule has 0 aromatic heterocycles. The lowest BCUT2D eigenvalue weighted by molar-refractivity contribution is -0.122. The van der Waals surface area contributed by atoms with E-state index in [1.54, 1.807) is 0 Å². The van der Waals surface area contributed by atoms with Crippen LogP contribution in [-0.2, 0) is 17.9 Å². The van der Waals surface area contributed by atoms with Crippen molar-refractivity contribution in [1.82, 2.24) is 10.2 Å². The highest BCUT2D eigenvalue weighted by atomic mass is 16.2. The first-order valence-corrected chi connectivity index (χ1v) is 9.88. The van der Waals surface area contributed by atoms with E-state index < -0.39 is 0 Å². The number of carbonyl (C=O) groups is 1. The van der Waals surface area contributed by atoms with Gasteiger partial charge in [-0.25, -0.2) is 0 Å². The number of hydrogen-bond donors (Lipinski definition) is 1. The molecule has 2 aromatic rings. The zero-order chi connectivity index (χ0) is 17.9. The lowest BCUT2D eigenvalue weighted by Crippen LogP contribution is -2.25. The lowest BCUT2D eigenvalue weighted by atomic mass is 9.98. The predicted molar refractivity (Wildman–Crippen MR) is 106 cm³/mol. The van der Waals surface area contributed by atoms with E-state index in [4.69, 9.17) is 0 Å². The van der Waals surface area contributed by atoms with Gasteiger partial charge in [0.15, 0.2) is 0 Å². The predicted octanol–water partition coefficient (Wildman–Crippen LogP) is 4.22.